The number of piperidine rings is 1. The monoisotopic (exact) mass is 575 g/mol. The number of thioether (sulfide) groups is 1. The van der Waals surface area contributed by atoms with Crippen molar-refractivity contribution in [2.75, 3.05) is 24.5 Å². The molecule has 0 unspecified atom stereocenters. The molecular formula is C32H29N7O2S. The summed E-state index contributed by atoms with van der Waals surface area (Å²) in [6, 6.07) is 20.9. The topological polar surface area (TPSA) is 116 Å². The summed E-state index contributed by atoms with van der Waals surface area (Å²) in [6.07, 6.45) is 7.36. The number of carbonyl (C=O) groups is 2. The Morgan fingerprint density at radius 1 is 1.00 bits per heavy atom. The van der Waals surface area contributed by atoms with Gasteiger partial charge in [-0.15, -0.1) is 0 Å². The number of aromatic amines is 1. The van der Waals surface area contributed by atoms with E-state index in [0.717, 1.165) is 78.5 Å². The molecule has 0 saturated carbocycles. The van der Waals surface area contributed by atoms with E-state index in [1.165, 1.54) is 10.9 Å². The lowest BCUT2D eigenvalue weighted by atomic mass is 9.96. The van der Waals surface area contributed by atoms with Crippen LogP contribution in [-0.2, 0) is 11.3 Å². The van der Waals surface area contributed by atoms with Gasteiger partial charge in [0.15, 0.2) is 0 Å². The molecule has 0 spiro atoms. The molecule has 210 valence electrons. The Balaban J connectivity index is 1.00. The molecule has 10 heteroatoms. The zero-order valence-corrected chi connectivity index (χ0v) is 23.7. The van der Waals surface area contributed by atoms with Crippen molar-refractivity contribution in [3.05, 3.63) is 89.2 Å². The minimum atomic E-state index is -0.383. The average molecular weight is 576 g/mol. The van der Waals surface area contributed by atoms with Gasteiger partial charge in [0.05, 0.1) is 21.8 Å². The summed E-state index contributed by atoms with van der Waals surface area (Å²) in [4.78, 5) is 43.3. The van der Waals surface area contributed by atoms with Gasteiger partial charge in [0.2, 0.25) is 5.95 Å². The van der Waals surface area contributed by atoms with Crippen molar-refractivity contribution in [1.29, 1.82) is 0 Å². The van der Waals surface area contributed by atoms with E-state index in [1.54, 1.807) is 18.3 Å². The molecule has 3 N–H and O–H groups in total. The zero-order valence-electron chi connectivity index (χ0n) is 22.8. The molecule has 0 atom stereocenters. The fourth-order valence-electron chi connectivity index (χ4n) is 5.64. The molecule has 0 radical (unpaired) electrons. The Morgan fingerprint density at radius 3 is 2.74 bits per heavy atom. The number of hydrogen-bond donors (Lipinski definition) is 3. The number of H-pyrrole nitrogens is 1. The second kappa shape index (κ2) is 11.4. The first-order valence-electron chi connectivity index (χ1n) is 14.1. The van der Waals surface area contributed by atoms with Crippen LogP contribution in [0.4, 0.5) is 10.7 Å². The molecule has 2 aliphatic heterocycles. The summed E-state index contributed by atoms with van der Waals surface area (Å²) in [6.45, 7) is 3.38. The van der Waals surface area contributed by atoms with Crippen molar-refractivity contribution in [3.63, 3.8) is 0 Å². The Bertz CT molecular complexity index is 1840. The average Bonchev–Trinajstić information content (AvgIpc) is 3.61. The number of amides is 2. The quantitative estimate of drug-likeness (QED) is 0.218. The van der Waals surface area contributed by atoms with Gasteiger partial charge in [-0.1, -0.05) is 24.3 Å². The second-order valence-corrected chi connectivity index (χ2v) is 11.7. The van der Waals surface area contributed by atoms with E-state index in [4.69, 9.17) is 4.98 Å². The number of benzene rings is 2. The summed E-state index contributed by atoms with van der Waals surface area (Å²) in [5.41, 5.74) is 6.07. The van der Waals surface area contributed by atoms with Crippen LogP contribution in [0.25, 0.3) is 39.1 Å². The Labute approximate surface area is 246 Å². The molecule has 2 aliphatic rings. The lowest BCUT2D eigenvalue weighted by molar-refractivity contribution is -0.115. The van der Waals surface area contributed by atoms with Crippen LogP contribution in [0, 0.1) is 5.92 Å². The number of imide groups is 1. The highest BCUT2D eigenvalue weighted by Crippen LogP contribution is 2.29. The first-order chi connectivity index (χ1) is 20.6. The molecular weight excluding hydrogens is 546 g/mol. The molecule has 9 nitrogen and oxygen atoms in total. The predicted octanol–water partition coefficient (Wildman–Crippen LogP) is 5.50. The van der Waals surface area contributed by atoms with Gasteiger partial charge in [-0.05, 0) is 85.1 Å². The highest BCUT2D eigenvalue weighted by Gasteiger charge is 2.26. The van der Waals surface area contributed by atoms with Crippen molar-refractivity contribution in [3.8, 4) is 11.3 Å². The molecule has 0 aliphatic carbocycles. The largest absolute Gasteiger partial charge is 0.361 e. The Kier molecular flexibility index (Phi) is 7.15. The summed E-state index contributed by atoms with van der Waals surface area (Å²) in [7, 11) is 0. The highest BCUT2D eigenvalue weighted by atomic mass is 32.2. The number of nitrogens with zero attached hydrogens (tertiary/aromatic N) is 4. The Morgan fingerprint density at radius 2 is 1.88 bits per heavy atom. The van der Waals surface area contributed by atoms with Crippen LogP contribution >= 0.6 is 11.8 Å². The second-order valence-electron chi connectivity index (χ2n) is 10.7. The maximum absolute atomic E-state index is 11.9. The van der Waals surface area contributed by atoms with Crippen LogP contribution < -0.4 is 15.5 Å². The van der Waals surface area contributed by atoms with E-state index in [9.17, 15) is 9.59 Å². The van der Waals surface area contributed by atoms with E-state index in [1.807, 2.05) is 12.3 Å². The molecule has 2 amide bonds. The van der Waals surface area contributed by atoms with Gasteiger partial charge in [0.1, 0.15) is 0 Å². The van der Waals surface area contributed by atoms with Crippen molar-refractivity contribution in [1.82, 2.24) is 30.6 Å². The summed E-state index contributed by atoms with van der Waals surface area (Å²) in [5.74, 6) is 0.813. The summed E-state index contributed by atoms with van der Waals surface area (Å²) in [5, 5.41) is 7.96. The number of rotatable bonds is 7. The lowest BCUT2D eigenvalue weighted by Gasteiger charge is -2.32. The molecule has 42 heavy (non-hydrogen) atoms. The minimum Gasteiger partial charge on any atom is -0.361 e. The number of hydrogen-bond acceptors (Lipinski definition) is 8. The molecule has 3 aromatic heterocycles. The third-order valence-electron chi connectivity index (χ3n) is 7.86. The minimum absolute atomic E-state index is 0.351. The smallest absolute Gasteiger partial charge is 0.290 e. The molecule has 2 saturated heterocycles. The molecule has 2 fully saturated rings. The Hall–Kier alpha value is -4.54. The number of pyridine rings is 1. The van der Waals surface area contributed by atoms with Gasteiger partial charge in [-0.2, -0.15) is 0 Å². The van der Waals surface area contributed by atoms with Gasteiger partial charge in [-0.25, -0.2) is 15.0 Å². The van der Waals surface area contributed by atoms with E-state index in [0.29, 0.717) is 22.5 Å². The van der Waals surface area contributed by atoms with Crippen LogP contribution in [0.15, 0.2) is 78.0 Å². The van der Waals surface area contributed by atoms with Crippen molar-refractivity contribution in [2.24, 2.45) is 5.92 Å². The van der Waals surface area contributed by atoms with Crippen molar-refractivity contribution in [2.45, 2.75) is 19.4 Å². The summed E-state index contributed by atoms with van der Waals surface area (Å²) >= 11 is 0.892. The normalized spacial score (nSPS) is 17.0. The molecule has 2 aromatic carbocycles. The molecule has 0 bridgehead atoms. The third kappa shape index (κ3) is 5.50. The number of anilines is 1. The standard InChI is InChI=1S/C32H29N7O2S/c40-30-28(42-32(41)38-30)17-25-8-12-35-31(36-25)39-13-9-20(10-14-39)18-33-19-24-16-21-3-1-2-4-27(21)37-29(24)23-5-6-26-22(15-23)7-11-34-26/h1-8,11-12,15-17,20,33-34H,9-10,13-14,18-19H2,(H,38,40,41)/b28-17-. The molecule has 7 rings (SSSR count). The predicted molar refractivity (Wildman–Crippen MR) is 167 cm³/mol. The van der Waals surface area contributed by atoms with Crippen LogP contribution in [0.3, 0.4) is 0 Å². The highest BCUT2D eigenvalue weighted by molar-refractivity contribution is 8.18. The van der Waals surface area contributed by atoms with Crippen LogP contribution in [-0.4, -0.2) is 50.7 Å². The van der Waals surface area contributed by atoms with Gasteiger partial charge < -0.3 is 15.2 Å². The number of aromatic nitrogens is 4. The zero-order chi connectivity index (χ0) is 28.5. The fraction of sp³-hybridized carbons (Fsp3) is 0.219. The molecule has 5 heterocycles. The van der Waals surface area contributed by atoms with Gasteiger partial charge in [-0.3, -0.25) is 14.9 Å². The van der Waals surface area contributed by atoms with Crippen molar-refractivity contribution >= 4 is 56.7 Å². The van der Waals surface area contributed by atoms with Gasteiger partial charge >= 0.3 is 0 Å². The SMILES string of the molecule is O=C1NC(=O)/C(=C/c2ccnc(N3CCC(CNCc4cc5ccccc5nc4-c4ccc5[nH]ccc5c4)CC3)n2)S1. The van der Waals surface area contributed by atoms with E-state index >= 15 is 0 Å². The number of fused-ring (bicyclic) bond motifs is 2. The fourth-order valence-corrected chi connectivity index (χ4v) is 6.31. The van der Waals surface area contributed by atoms with E-state index in [2.05, 4.69) is 79.0 Å². The van der Waals surface area contributed by atoms with E-state index < -0.39 is 0 Å². The lowest BCUT2D eigenvalue weighted by Crippen LogP contribution is -2.38. The van der Waals surface area contributed by atoms with Gasteiger partial charge in [0, 0.05) is 53.9 Å². The number of carbonyl (C=O) groups excluding carboxylic acids is 2. The maximum atomic E-state index is 11.9. The third-order valence-corrected chi connectivity index (χ3v) is 8.67. The summed E-state index contributed by atoms with van der Waals surface area (Å²) < 4.78 is 0. The van der Waals surface area contributed by atoms with Crippen LogP contribution in [0.2, 0.25) is 0 Å². The molecule has 5 aromatic rings. The number of nitrogens with one attached hydrogen (secondary N) is 3. The first-order valence-corrected chi connectivity index (χ1v) is 14.9. The number of para-hydroxylation sites is 1. The van der Waals surface area contributed by atoms with Crippen LogP contribution in [0.1, 0.15) is 24.1 Å². The van der Waals surface area contributed by atoms with Crippen molar-refractivity contribution < 1.29 is 9.59 Å². The van der Waals surface area contributed by atoms with Gasteiger partial charge in [0.25, 0.3) is 11.1 Å². The van der Waals surface area contributed by atoms with E-state index in [-0.39, 0.29) is 11.1 Å². The van der Waals surface area contributed by atoms with Crippen LogP contribution in [0.5, 0.6) is 0 Å². The maximum Gasteiger partial charge on any atom is 0.290 e. The first kappa shape index (κ1) is 26.4.